The van der Waals surface area contributed by atoms with E-state index in [-0.39, 0.29) is 11.8 Å². The van der Waals surface area contributed by atoms with E-state index in [1.807, 2.05) is 23.1 Å². The third-order valence-electron chi connectivity index (χ3n) is 6.71. The number of nitrogens with one attached hydrogen (secondary N) is 1. The molecule has 2 aliphatic heterocycles. The molecule has 2 amide bonds. The number of carbonyl (C=O) groups is 2. The number of rotatable bonds is 5. The van der Waals surface area contributed by atoms with Gasteiger partial charge in [0.05, 0.1) is 18.0 Å². The van der Waals surface area contributed by atoms with Crippen LogP contribution in [0.3, 0.4) is 0 Å². The summed E-state index contributed by atoms with van der Waals surface area (Å²) in [5.41, 5.74) is 3.67. The van der Waals surface area contributed by atoms with Crippen LogP contribution in [-0.4, -0.2) is 52.9 Å². The quantitative estimate of drug-likeness (QED) is 0.477. The number of benzene rings is 3. The van der Waals surface area contributed by atoms with Crippen LogP contribution in [0.15, 0.2) is 66.7 Å². The van der Waals surface area contributed by atoms with E-state index in [1.165, 1.54) is 12.1 Å². The van der Waals surface area contributed by atoms with Crippen LogP contribution in [0.5, 0.6) is 0 Å². The zero-order chi connectivity index (χ0) is 26.0. The number of thioether (sulfide) groups is 1. The summed E-state index contributed by atoms with van der Waals surface area (Å²) in [7, 11) is 0. The highest BCUT2D eigenvalue weighted by atomic mass is 32.2. The lowest BCUT2D eigenvalue weighted by molar-refractivity contribution is -0.137. The fraction of sp³-hybridized carbons (Fsp3) is 0.286. The second-order valence-electron chi connectivity index (χ2n) is 9.21. The number of halogens is 3. The number of carbonyl (C=O) groups excluding carboxylic acids is 2. The minimum absolute atomic E-state index is 0.170. The Morgan fingerprint density at radius 1 is 0.946 bits per heavy atom. The van der Waals surface area contributed by atoms with Gasteiger partial charge in [0.1, 0.15) is 0 Å². The van der Waals surface area contributed by atoms with Gasteiger partial charge in [0.2, 0.25) is 5.91 Å². The molecule has 0 bridgehead atoms. The van der Waals surface area contributed by atoms with Gasteiger partial charge in [-0.15, -0.1) is 11.8 Å². The fourth-order valence-electron chi connectivity index (χ4n) is 4.70. The molecule has 5 nitrogen and oxygen atoms in total. The first-order valence-electron chi connectivity index (χ1n) is 12.1. The highest BCUT2D eigenvalue weighted by molar-refractivity contribution is 7.99. The third-order valence-corrected chi connectivity index (χ3v) is 7.68. The van der Waals surface area contributed by atoms with Gasteiger partial charge >= 0.3 is 6.18 Å². The summed E-state index contributed by atoms with van der Waals surface area (Å²) in [5.74, 6) is 1.61. The van der Waals surface area contributed by atoms with Crippen molar-refractivity contribution in [2.75, 3.05) is 36.6 Å². The summed E-state index contributed by atoms with van der Waals surface area (Å²) in [4.78, 5) is 29.7. The van der Waals surface area contributed by atoms with Gasteiger partial charge in [-0.1, -0.05) is 36.4 Å². The third kappa shape index (κ3) is 5.83. The minimum atomic E-state index is -4.42. The molecule has 2 heterocycles. The molecule has 0 radical (unpaired) electrons. The Kier molecular flexibility index (Phi) is 7.26. The number of nitrogens with zero attached hydrogens (tertiary/aromatic N) is 2. The Morgan fingerprint density at radius 2 is 1.73 bits per heavy atom. The van der Waals surface area contributed by atoms with Gasteiger partial charge in [0.15, 0.2) is 0 Å². The maximum Gasteiger partial charge on any atom is 0.416 e. The zero-order valence-corrected chi connectivity index (χ0v) is 20.9. The second-order valence-corrected chi connectivity index (χ2v) is 10.3. The molecule has 3 aromatic rings. The molecule has 1 N–H and O–H groups in total. The SMILES string of the molecule is O=C(Nc1ccc2c(c1)CCN(CC(=O)N1CCSC1)C2)c1ccccc1-c1ccc(C(F)(F)F)cc1. The smallest absolute Gasteiger partial charge is 0.332 e. The van der Waals surface area contributed by atoms with Crippen molar-refractivity contribution in [3.63, 3.8) is 0 Å². The summed E-state index contributed by atoms with van der Waals surface area (Å²) in [6.07, 6.45) is -3.63. The number of anilines is 1. The van der Waals surface area contributed by atoms with E-state index in [0.717, 1.165) is 54.4 Å². The molecular formula is C28H26F3N3O2S. The van der Waals surface area contributed by atoms with Gasteiger partial charge in [0.25, 0.3) is 5.91 Å². The van der Waals surface area contributed by atoms with E-state index in [2.05, 4.69) is 10.2 Å². The molecule has 2 aliphatic rings. The molecular weight excluding hydrogens is 499 g/mol. The molecule has 5 rings (SSSR count). The van der Waals surface area contributed by atoms with E-state index in [1.54, 1.807) is 36.0 Å². The lowest BCUT2D eigenvalue weighted by atomic mass is 9.97. The molecule has 1 fully saturated rings. The number of amides is 2. The van der Waals surface area contributed by atoms with Gasteiger partial charge < -0.3 is 10.2 Å². The van der Waals surface area contributed by atoms with Gasteiger partial charge in [-0.2, -0.15) is 13.2 Å². The average Bonchev–Trinajstić information content (AvgIpc) is 3.44. The second kappa shape index (κ2) is 10.6. The van der Waals surface area contributed by atoms with Gasteiger partial charge in [-0.3, -0.25) is 14.5 Å². The maximum atomic E-state index is 13.2. The van der Waals surface area contributed by atoms with Crippen molar-refractivity contribution >= 4 is 29.3 Å². The molecule has 0 saturated carbocycles. The fourth-order valence-corrected chi connectivity index (χ4v) is 5.67. The summed E-state index contributed by atoms with van der Waals surface area (Å²) < 4.78 is 38.8. The summed E-state index contributed by atoms with van der Waals surface area (Å²) in [5, 5.41) is 2.94. The van der Waals surface area contributed by atoms with Crippen LogP contribution in [0.4, 0.5) is 18.9 Å². The molecule has 3 aromatic carbocycles. The minimum Gasteiger partial charge on any atom is -0.332 e. The van der Waals surface area contributed by atoms with Crippen LogP contribution in [0.25, 0.3) is 11.1 Å². The Bertz CT molecular complexity index is 1300. The number of alkyl halides is 3. The average molecular weight is 526 g/mol. The zero-order valence-electron chi connectivity index (χ0n) is 20.1. The Balaban J connectivity index is 1.27. The highest BCUT2D eigenvalue weighted by Crippen LogP contribution is 2.32. The molecule has 37 heavy (non-hydrogen) atoms. The molecule has 0 aromatic heterocycles. The predicted octanol–water partition coefficient (Wildman–Crippen LogP) is 5.52. The molecule has 9 heteroatoms. The first kappa shape index (κ1) is 25.4. The molecule has 1 saturated heterocycles. The van der Waals surface area contributed by atoms with Crippen molar-refractivity contribution in [3.05, 3.63) is 89.0 Å². The van der Waals surface area contributed by atoms with E-state index in [0.29, 0.717) is 35.5 Å². The van der Waals surface area contributed by atoms with Gasteiger partial charge in [-0.05, 0) is 59.0 Å². The van der Waals surface area contributed by atoms with Gasteiger partial charge in [-0.25, -0.2) is 0 Å². The standard InChI is InChI=1S/C28H26F3N3O2S/c29-28(30,31)22-8-5-19(6-9-22)24-3-1-2-4-25(24)27(36)32-23-10-7-21-16-33(12-11-20(21)15-23)17-26(35)34-13-14-37-18-34/h1-10,15H,11-14,16-18H2,(H,32,36). The van der Waals surface area contributed by atoms with Crippen LogP contribution in [-0.2, 0) is 23.9 Å². The van der Waals surface area contributed by atoms with Crippen LogP contribution in [0.1, 0.15) is 27.0 Å². The van der Waals surface area contributed by atoms with Crippen molar-refractivity contribution in [2.24, 2.45) is 0 Å². The van der Waals surface area contributed by atoms with Crippen LogP contribution in [0.2, 0.25) is 0 Å². The van der Waals surface area contributed by atoms with E-state index < -0.39 is 11.7 Å². The van der Waals surface area contributed by atoms with Crippen molar-refractivity contribution in [3.8, 4) is 11.1 Å². The normalized spacial score (nSPS) is 15.9. The first-order valence-corrected chi connectivity index (χ1v) is 13.2. The van der Waals surface area contributed by atoms with E-state index in [4.69, 9.17) is 0 Å². The summed E-state index contributed by atoms with van der Waals surface area (Å²) in [6.45, 7) is 2.69. The molecule has 192 valence electrons. The van der Waals surface area contributed by atoms with Crippen molar-refractivity contribution < 1.29 is 22.8 Å². The van der Waals surface area contributed by atoms with E-state index in [9.17, 15) is 22.8 Å². The van der Waals surface area contributed by atoms with E-state index >= 15 is 0 Å². The van der Waals surface area contributed by atoms with Crippen molar-refractivity contribution in [1.29, 1.82) is 0 Å². The molecule has 0 aliphatic carbocycles. The van der Waals surface area contributed by atoms with Crippen molar-refractivity contribution in [2.45, 2.75) is 19.1 Å². The number of fused-ring (bicyclic) bond motifs is 1. The van der Waals surface area contributed by atoms with Crippen LogP contribution < -0.4 is 5.32 Å². The topological polar surface area (TPSA) is 52.7 Å². The summed E-state index contributed by atoms with van der Waals surface area (Å²) in [6, 6.07) is 17.5. The highest BCUT2D eigenvalue weighted by Gasteiger charge is 2.30. The van der Waals surface area contributed by atoms with Crippen LogP contribution in [0, 0.1) is 0 Å². The summed E-state index contributed by atoms with van der Waals surface area (Å²) >= 11 is 1.78. The first-order chi connectivity index (χ1) is 17.8. The monoisotopic (exact) mass is 525 g/mol. The Hall–Kier alpha value is -3.30. The molecule has 0 unspecified atom stereocenters. The molecule has 0 spiro atoms. The van der Waals surface area contributed by atoms with Gasteiger partial charge in [0, 0.05) is 36.6 Å². The number of hydrogen-bond acceptors (Lipinski definition) is 4. The lowest BCUT2D eigenvalue weighted by Gasteiger charge is -2.29. The largest absolute Gasteiger partial charge is 0.416 e. The predicted molar refractivity (Wildman–Crippen MR) is 139 cm³/mol. The lowest BCUT2D eigenvalue weighted by Crippen LogP contribution is -2.41. The number of hydrogen-bond donors (Lipinski definition) is 1. The molecule has 0 atom stereocenters. The van der Waals surface area contributed by atoms with Crippen molar-refractivity contribution in [1.82, 2.24) is 9.80 Å². The Morgan fingerprint density at radius 3 is 2.46 bits per heavy atom. The van der Waals surface area contributed by atoms with Crippen LogP contribution >= 0.6 is 11.8 Å². The maximum absolute atomic E-state index is 13.2. The Labute approximate surface area is 217 Å².